The van der Waals surface area contributed by atoms with Gasteiger partial charge in [0.2, 0.25) is 5.91 Å². The summed E-state index contributed by atoms with van der Waals surface area (Å²) in [6.45, 7) is 7.38. The molecule has 2 unspecified atom stereocenters. The average molecular weight is 342 g/mol. The number of hydrogen-bond donors (Lipinski definition) is 1. The predicted molar refractivity (Wildman–Crippen MR) is 101 cm³/mol. The van der Waals surface area contributed by atoms with Gasteiger partial charge in [-0.1, -0.05) is 32.9 Å². The third kappa shape index (κ3) is 5.47. The Labute approximate surface area is 151 Å². The lowest BCUT2D eigenvalue weighted by Gasteiger charge is -2.29. The third-order valence-electron chi connectivity index (χ3n) is 4.49. The van der Waals surface area contributed by atoms with Gasteiger partial charge in [-0.15, -0.1) is 0 Å². The van der Waals surface area contributed by atoms with Gasteiger partial charge in [-0.2, -0.15) is 5.26 Å². The average Bonchev–Trinajstić information content (AvgIpc) is 2.89. The zero-order chi connectivity index (χ0) is 18.6. The van der Waals surface area contributed by atoms with E-state index in [1.807, 2.05) is 38.4 Å². The first kappa shape index (κ1) is 19.3. The van der Waals surface area contributed by atoms with Gasteiger partial charge in [0.05, 0.1) is 0 Å². The molecule has 136 valence electrons. The Kier molecular flexibility index (Phi) is 6.07. The predicted octanol–water partition coefficient (Wildman–Crippen LogP) is 3.44. The summed E-state index contributed by atoms with van der Waals surface area (Å²) in [5, 5.41) is 12.5. The number of benzene rings is 1. The van der Waals surface area contributed by atoms with Crippen molar-refractivity contribution < 1.29 is 4.79 Å². The minimum atomic E-state index is -0.362. The summed E-state index contributed by atoms with van der Waals surface area (Å²) in [6, 6.07) is 7.69. The zero-order valence-corrected chi connectivity index (χ0v) is 16.0. The van der Waals surface area contributed by atoms with Crippen LogP contribution in [0, 0.1) is 16.9 Å². The number of rotatable bonds is 5. The van der Waals surface area contributed by atoms with Gasteiger partial charge in [-0.25, -0.2) is 0 Å². The Bertz CT molecular complexity index is 625. The molecule has 25 heavy (non-hydrogen) atoms. The van der Waals surface area contributed by atoms with Crippen LogP contribution < -0.4 is 5.32 Å². The third-order valence-corrected chi connectivity index (χ3v) is 4.49. The van der Waals surface area contributed by atoms with Crippen molar-refractivity contribution in [2.75, 3.05) is 19.4 Å². The van der Waals surface area contributed by atoms with Gasteiger partial charge in [-0.05, 0) is 56.5 Å². The highest BCUT2D eigenvalue weighted by Gasteiger charge is 2.38. The maximum Gasteiger partial charge on any atom is 0.247 e. The normalized spacial score (nSPS) is 20.6. The van der Waals surface area contributed by atoms with Gasteiger partial charge >= 0.3 is 0 Å². The Balaban J connectivity index is 1.99. The lowest BCUT2D eigenvalue weighted by molar-refractivity contribution is -0.119. The van der Waals surface area contributed by atoms with Crippen LogP contribution in [0.15, 0.2) is 24.3 Å². The first-order valence-corrected chi connectivity index (χ1v) is 8.92. The SMILES string of the molecule is CN(C)Cc1ccc(NC(=O)C2CCC(CC(C)(C)C)N2C#N)cc1. The highest BCUT2D eigenvalue weighted by molar-refractivity contribution is 5.95. The van der Waals surface area contributed by atoms with E-state index in [1.165, 1.54) is 5.56 Å². The van der Waals surface area contributed by atoms with E-state index in [0.29, 0.717) is 0 Å². The molecule has 0 radical (unpaired) electrons. The molecule has 0 spiro atoms. The van der Waals surface area contributed by atoms with E-state index in [9.17, 15) is 10.1 Å². The van der Waals surface area contributed by atoms with Crippen molar-refractivity contribution in [1.82, 2.24) is 9.80 Å². The monoisotopic (exact) mass is 342 g/mol. The van der Waals surface area contributed by atoms with Crippen LogP contribution in [0.5, 0.6) is 0 Å². The smallest absolute Gasteiger partial charge is 0.247 e. The van der Waals surface area contributed by atoms with Crippen LogP contribution in [0.4, 0.5) is 5.69 Å². The minimum Gasteiger partial charge on any atom is -0.324 e. The molecule has 0 aromatic heterocycles. The van der Waals surface area contributed by atoms with Gasteiger partial charge in [0.25, 0.3) is 0 Å². The van der Waals surface area contributed by atoms with E-state index in [4.69, 9.17) is 0 Å². The van der Waals surface area contributed by atoms with Crippen molar-refractivity contribution in [3.05, 3.63) is 29.8 Å². The number of hydrogen-bond acceptors (Lipinski definition) is 4. The van der Waals surface area contributed by atoms with Crippen molar-refractivity contribution in [2.24, 2.45) is 5.41 Å². The molecule has 1 amide bonds. The van der Waals surface area contributed by atoms with Crippen LogP contribution in [0.3, 0.4) is 0 Å². The largest absolute Gasteiger partial charge is 0.324 e. The fourth-order valence-electron chi connectivity index (χ4n) is 3.48. The topological polar surface area (TPSA) is 59.4 Å². The van der Waals surface area contributed by atoms with Crippen LogP contribution in [0.25, 0.3) is 0 Å². The van der Waals surface area contributed by atoms with E-state index in [-0.39, 0.29) is 23.4 Å². The molecule has 1 fully saturated rings. The molecule has 5 nitrogen and oxygen atoms in total. The van der Waals surface area contributed by atoms with Gasteiger partial charge in [0, 0.05) is 18.3 Å². The molecule has 1 aromatic rings. The number of carbonyl (C=O) groups excluding carboxylic acids is 1. The second-order valence-electron chi connectivity index (χ2n) is 8.44. The fourth-order valence-corrected chi connectivity index (χ4v) is 3.48. The van der Waals surface area contributed by atoms with Crippen molar-refractivity contribution in [2.45, 2.75) is 58.7 Å². The Morgan fingerprint density at radius 2 is 1.92 bits per heavy atom. The van der Waals surface area contributed by atoms with Crippen LogP contribution in [0.2, 0.25) is 0 Å². The number of anilines is 1. The number of amides is 1. The van der Waals surface area contributed by atoms with E-state index in [0.717, 1.165) is 31.5 Å². The molecular weight excluding hydrogens is 312 g/mol. The Morgan fingerprint density at radius 1 is 1.28 bits per heavy atom. The lowest BCUT2D eigenvalue weighted by Crippen LogP contribution is -2.41. The van der Waals surface area contributed by atoms with E-state index >= 15 is 0 Å². The van der Waals surface area contributed by atoms with Gasteiger partial charge in [-0.3, -0.25) is 9.69 Å². The van der Waals surface area contributed by atoms with E-state index in [2.05, 4.69) is 37.2 Å². The molecule has 1 aliphatic heterocycles. The van der Waals surface area contributed by atoms with E-state index in [1.54, 1.807) is 4.90 Å². The molecule has 0 aliphatic carbocycles. The number of nitrogens with one attached hydrogen (secondary N) is 1. The Hall–Kier alpha value is -2.06. The van der Waals surface area contributed by atoms with Crippen LogP contribution in [0.1, 0.15) is 45.6 Å². The standard InChI is InChI=1S/C20H30N4O/c1-20(2,3)12-17-10-11-18(24(17)14-21)19(25)22-16-8-6-15(7-9-16)13-23(4)5/h6-9,17-18H,10-13H2,1-5H3,(H,22,25). The molecule has 1 heterocycles. The lowest BCUT2D eigenvalue weighted by atomic mass is 9.87. The summed E-state index contributed by atoms with van der Waals surface area (Å²) in [6.07, 6.45) is 4.80. The zero-order valence-electron chi connectivity index (χ0n) is 16.0. The van der Waals surface area contributed by atoms with Crippen molar-refractivity contribution in [3.63, 3.8) is 0 Å². The maximum absolute atomic E-state index is 12.6. The maximum atomic E-state index is 12.6. The first-order chi connectivity index (χ1) is 11.7. The second kappa shape index (κ2) is 7.88. The molecule has 2 rings (SSSR count). The van der Waals surface area contributed by atoms with Gasteiger partial charge in [0.15, 0.2) is 6.19 Å². The van der Waals surface area contributed by atoms with Crippen LogP contribution >= 0.6 is 0 Å². The molecular formula is C20H30N4O. The van der Waals surface area contributed by atoms with Gasteiger partial charge < -0.3 is 10.2 Å². The molecule has 1 aliphatic rings. The minimum absolute atomic E-state index is 0.0849. The Morgan fingerprint density at radius 3 is 2.44 bits per heavy atom. The molecule has 1 aromatic carbocycles. The first-order valence-electron chi connectivity index (χ1n) is 8.92. The molecule has 1 N–H and O–H groups in total. The van der Waals surface area contributed by atoms with Crippen molar-refractivity contribution in [3.8, 4) is 6.19 Å². The molecule has 2 atom stereocenters. The highest BCUT2D eigenvalue weighted by Crippen LogP contribution is 2.33. The molecule has 0 saturated carbocycles. The summed E-state index contributed by atoms with van der Waals surface area (Å²) >= 11 is 0. The quantitative estimate of drug-likeness (QED) is 0.833. The van der Waals surface area contributed by atoms with Crippen LogP contribution in [-0.4, -0.2) is 41.9 Å². The van der Waals surface area contributed by atoms with Crippen molar-refractivity contribution in [1.29, 1.82) is 5.26 Å². The summed E-state index contributed by atoms with van der Waals surface area (Å²) in [4.78, 5) is 16.4. The molecule has 1 saturated heterocycles. The summed E-state index contributed by atoms with van der Waals surface area (Å²) < 4.78 is 0. The summed E-state index contributed by atoms with van der Waals surface area (Å²) in [7, 11) is 4.06. The van der Waals surface area contributed by atoms with E-state index < -0.39 is 0 Å². The summed E-state index contributed by atoms with van der Waals surface area (Å²) in [5.74, 6) is -0.0849. The number of likely N-dealkylation sites (tertiary alicyclic amines) is 1. The number of nitrogens with zero attached hydrogens (tertiary/aromatic N) is 3. The summed E-state index contributed by atoms with van der Waals surface area (Å²) in [5.41, 5.74) is 2.13. The number of nitriles is 1. The van der Waals surface area contributed by atoms with Crippen LogP contribution in [-0.2, 0) is 11.3 Å². The van der Waals surface area contributed by atoms with Crippen molar-refractivity contribution >= 4 is 11.6 Å². The number of carbonyl (C=O) groups is 1. The van der Waals surface area contributed by atoms with Gasteiger partial charge in [0.1, 0.15) is 6.04 Å². The fraction of sp³-hybridized carbons (Fsp3) is 0.600. The highest BCUT2D eigenvalue weighted by atomic mass is 16.2. The molecule has 0 bridgehead atoms. The second-order valence-corrected chi connectivity index (χ2v) is 8.44. The molecule has 5 heteroatoms.